The second kappa shape index (κ2) is 8.26. The number of carbonyl (C=O) groups is 1. The van der Waals surface area contributed by atoms with Gasteiger partial charge in [-0.05, 0) is 39.8 Å². The van der Waals surface area contributed by atoms with Gasteiger partial charge in [0.05, 0.1) is 22.1 Å². The molecular formula is C22H25ClN6O2. The van der Waals surface area contributed by atoms with Crippen molar-refractivity contribution in [1.29, 1.82) is 0 Å². The molecule has 1 amide bonds. The first kappa shape index (κ1) is 21.2. The van der Waals surface area contributed by atoms with E-state index in [0.29, 0.717) is 42.5 Å². The molecule has 1 aliphatic rings. The van der Waals surface area contributed by atoms with Crippen molar-refractivity contribution >= 4 is 34.4 Å². The Morgan fingerprint density at radius 1 is 1.13 bits per heavy atom. The average Bonchev–Trinajstić information content (AvgIpc) is 2.72. The van der Waals surface area contributed by atoms with Crippen molar-refractivity contribution in [3.63, 3.8) is 0 Å². The monoisotopic (exact) mass is 440 g/mol. The fourth-order valence-electron chi connectivity index (χ4n) is 3.50. The van der Waals surface area contributed by atoms with Crippen LogP contribution in [0.1, 0.15) is 26.5 Å². The van der Waals surface area contributed by atoms with Crippen LogP contribution in [-0.4, -0.2) is 62.7 Å². The van der Waals surface area contributed by atoms with Crippen molar-refractivity contribution in [2.24, 2.45) is 0 Å². The Bertz CT molecular complexity index is 1120. The molecule has 4 heterocycles. The van der Waals surface area contributed by atoms with Gasteiger partial charge in [0.1, 0.15) is 11.4 Å². The summed E-state index contributed by atoms with van der Waals surface area (Å²) in [5, 5.41) is 1.26. The van der Waals surface area contributed by atoms with Gasteiger partial charge in [-0.3, -0.25) is 9.97 Å². The normalized spacial score (nSPS) is 14.7. The topological polar surface area (TPSA) is 84.3 Å². The Kier molecular flexibility index (Phi) is 5.66. The van der Waals surface area contributed by atoms with E-state index in [1.54, 1.807) is 23.5 Å². The van der Waals surface area contributed by atoms with Gasteiger partial charge < -0.3 is 14.5 Å². The molecule has 9 heteroatoms. The van der Waals surface area contributed by atoms with Crippen molar-refractivity contribution in [3.8, 4) is 11.4 Å². The standard InChI is InChI=1S/C22H25ClN6O2/c1-14-11-15(5-6-25-14)19-26-17-13-24-12-16(23)18(17)20(27-19)28-7-9-29(10-8-28)21(30)31-22(2,3)4/h5-6,11-13H,7-10H2,1-4H3. The van der Waals surface area contributed by atoms with Crippen molar-refractivity contribution in [2.45, 2.75) is 33.3 Å². The maximum absolute atomic E-state index is 12.4. The van der Waals surface area contributed by atoms with E-state index in [2.05, 4.69) is 19.9 Å². The zero-order valence-corrected chi connectivity index (χ0v) is 18.8. The second-order valence-corrected chi connectivity index (χ2v) is 8.93. The maximum Gasteiger partial charge on any atom is 0.410 e. The summed E-state index contributed by atoms with van der Waals surface area (Å²) in [4.78, 5) is 34.3. The van der Waals surface area contributed by atoms with Crippen LogP contribution in [0.3, 0.4) is 0 Å². The Morgan fingerprint density at radius 2 is 1.87 bits per heavy atom. The third-order valence-corrected chi connectivity index (χ3v) is 5.21. The molecule has 0 saturated carbocycles. The molecule has 8 nitrogen and oxygen atoms in total. The average molecular weight is 441 g/mol. The number of anilines is 1. The van der Waals surface area contributed by atoms with Gasteiger partial charge in [0.15, 0.2) is 5.82 Å². The minimum atomic E-state index is -0.519. The summed E-state index contributed by atoms with van der Waals surface area (Å²) < 4.78 is 5.50. The molecule has 1 saturated heterocycles. The highest BCUT2D eigenvalue weighted by molar-refractivity contribution is 6.36. The predicted molar refractivity (Wildman–Crippen MR) is 120 cm³/mol. The zero-order valence-electron chi connectivity index (χ0n) is 18.1. The van der Waals surface area contributed by atoms with Gasteiger partial charge in [0, 0.05) is 49.8 Å². The van der Waals surface area contributed by atoms with Crippen LogP contribution in [0.4, 0.5) is 10.6 Å². The van der Waals surface area contributed by atoms with Gasteiger partial charge in [-0.25, -0.2) is 14.8 Å². The van der Waals surface area contributed by atoms with Gasteiger partial charge in [0.2, 0.25) is 0 Å². The maximum atomic E-state index is 12.4. The van der Waals surface area contributed by atoms with Crippen molar-refractivity contribution < 1.29 is 9.53 Å². The van der Waals surface area contributed by atoms with Crippen LogP contribution in [-0.2, 0) is 4.74 Å². The lowest BCUT2D eigenvalue weighted by Gasteiger charge is -2.36. The van der Waals surface area contributed by atoms with Crippen molar-refractivity contribution in [3.05, 3.63) is 41.4 Å². The molecule has 0 aliphatic carbocycles. The number of amides is 1. The van der Waals surface area contributed by atoms with E-state index in [4.69, 9.17) is 21.3 Å². The molecule has 0 atom stereocenters. The number of hydrogen-bond acceptors (Lipinski definition) is 7. The van der Waals surface area contributed by atoms with E-state index >= 15 is 0 Å². The summed E-state index contributed by atoms with van der Waals surface area (Å²) >= 11 is 6.49. The van der Waals surface area contributed by atoms with Crippen LogP contribution >= 0.6 is 11.6 Å². The number of pyridine rings is 2. The molecule has 0 spiro atoms. The van der Waals surface area contributed by atoms with Gasteiger partial charge in [0.25, 0.3) is 0 Å². The molecule has 1 fully saturated rings. The van der Waals surface area contributed by atoms with Crippen LogP contribution in [0.25, 0.3) is 22.3 Å². The molecule has 0 unspecified atom stereocenters. The molecule has 0 radical (unpaired) electrons. The lowest BCUT2D eigenvalue weighted by Crippen LogP contribution is -2.50. The van der Waals surface area contributed by atoms with E-state index in [1.807, 2.05) is 39.8 Å². The number of aromatic nitrogens is 4. The molecule has 0 N–H and O–H groups in total. The fraction of sp³-hybridized carbons (Fsp3) is 0.409. The smallest absolute Gasteiger partial charge is 0.410 e. The van der Waals surface area contributed by atoms with Crippen molar-refractivity contribution in [1.82, 2.24) is 24.8 Å². The van der Waals surface area contributed by atoms with E-state index in [0.717, 1.165) is 22.5 Å². The number of nitrogens with zero attached hydrogens (tertiary/aromatic N) is 6. The zero-order chi connectivity index (χ0) is 22.2. The molecule has 162 valence electrons. The van der Waals surface area contributed by atoms with Gasteiger partial charge >= 0.3 is 6.09 Å². The molecule has 0 aromatic carbocycles. The summed E-state index contributed by atoms with van der Waals surface area (Å²) in [6.07, 6.45) is 4.74. The predicted octanol–water partition coefficient (Wildman–Crippen LogP) is 4.11. The number of fused-ring (bicyclic) bond motifs is 1. The van der Waals surface area contributed by atoms with E-state index in [9.17, 15) is 4.79 Å². The summed E-state index contributed by atoms with van der Waals surface area (Å²) in [5.74, 6) is 1.33. The molecule has 3 aromatic rings. The Labute approximate surface area is 186 Å². The number of hydrogen-bond donors (Lipinski definition) is 0. The largest absolute Gasteiger partial charge is 0.444 e. The Balaban J connectivity index is 1.66. The molecule has 1 aliphatic heterocycles. The first-order chi connectivity index (χ1) is 14.7. The lowest BCUT2D eigenvalue weighted by molar-refractivity contribution is 0.0240. The van der Waals surface area contributed by atoms with E-state index in [1.165, 1.54) is 0 Å². The summed E-state index contributed by atoms with van der Waals surface area (Å²) in [6, 6.07) is 3.83. The highest BCUT2D eigenvalue weighted by Crippen LogP contribution is 2.32. The second-order valence-electron chi connectivity index (χ2n) is 8.53. The Morgan fingerprint density at radius 3 is 2.55 bits per heavy atom. The highest BCUT2D eigenvalue weighted by atomic mass is 35.5. The minimum absolute atomic E-state index is 0.296. The summed E-state index contributed by atoms with van der Waals surface area (Å²) in [6.45, 7) is 9.82. The van der Waals surface area contributed by atoms with Gasteiger partial charge in [-0.1, -0.05) is 11.6 Å². The van der Waals surface area contributed by atoms with Crippen molar-refractivity contribution in [2.75, 3.05) is 31.1 Å². The van der Waals surface area contributed by atoms with Crippen LogP contribution in [0.2, 0.25) is 5.02 Å². The fourth-order valence-corrected chi connectivity index (χ4v) is 3.73. The third kappa shape index (κ3) is 4.69. The van der Waals surface area contributed by atoms with E-state index in [-0.39, 0.29) is 6.09 Å². The summed E-state index contributed by atoms with van der Waals surface area (Å²) in [7, 11) is 0. The molecule has 31 heavy (non-hydrogen) atoms. The number of ether oxygens (including phenoxy) is 1. The number of aryl methyl sites for hydroxylation is 1. The first-order valence-corrected chi connectivity index (χ1v) is 10.6. The number of piperazine rings is 1. The number of halogens is 1. The number of rotatable bonds is 2. The minimum Gasteiger partial charge on any atom is -0.444 e. The molecular weight excluding hydrogens is 416 g/mol. The Hall–Kier alpha value is -3.00. The lowest BCUT2D eigenvalue weighted by atomic mass is 10.2. The molecule has 0 bridgehead atoms. The van der Waals surface area contributed by atoms with Gasteiger partial charge in [-0.15, -0.1) is 0 Å². The van der Waals surface area contributed by atoms with Crippen LogP contribution in [0, 0.1) is 6.92 Å². The van der Waals surface area contributed by atoms with Crippen LogP contribution in [0.5, 0.6) is 0 Å². The SMILES string of the molecule is Cc1cc(-c2nc(N3CCN(C(=O)OC(C)(C)C)CC3)c3c(Cl)cncc3n2)ccn1. The summed E-state index contributed by atoms with van der Waals surface area (Å²) in [5.41, 5.74) is 1.92. The van der Waals surface area contributed by atoms with E-state index < -0.39 is 5.60 Å². The van der Waals surface area contributed by atoms with Gasteiger partial charge in [-0.2, -0.15) is 0 Å². The first-order valence-electron chi connectivity index (χ1n) is 10.2. The third-order valence-electron chi connectivity index (χ3n) is 4.93. The van der Waals surface area contributed by atoms with Crippen LogP contribution in [0.15, 0.2) is 30.7 Å². The number of carbonyl (C=O) groups excluding carboxylic acids is 1. The highest BCUT2D eigenvalue weighted by Gasteiger charge is 2.28. The molecule has 3 aromatic heterocycles. The quantitative estimate of drug-likeness (QED) is 0.592. The van der Waals surface area contributed by atoms with Crippen LogP contribution < -0.4 is 4.90 Å². The molecule has 4 rings (SSSR count).